The van der Waals surface area contributed by atoms with Crippen molar-refractivity contribution in [3.63, 3.8) is 0 Å². The van der Waals surface area contributed by atoms with Crippen molar-refractivity contribution in [2.75, 3.05) is 6.61 Å². The molecule has 12 heavy (non-hydrogen) atoms. The Kier molecular flexibility index (Phi) is 5.69. The molecule has 0 heterocycles. The van der Waals surface area contributed by atoms with Gasteiger partial charge in [0, 0.05) is 20.3 Å². The standard InChI is InChI=1S/C8H12O4/c1-7(9)11-5-3-4-6-12-8(2)10/h3,5H,4,6H2,1-2H3/b5-3+. The van der Waals surface area contributed by atoms with E-state index in [1.165, 1.54) is 20.1 Å². The van der Waals surface area contributed by atoms with Gasteiger partial charge in [-0.05, 0) is 6.08 Å². The van der Waals surface area contributed by atoms with Gasteiger partial charge in [-0.1, -0.05) is 0 Å². The van der Waals surface area contributed by atoms with E-state index < -0.39 is 0 Å². The van der Waals surface area contributed by atoms with E-state index in [0.717, 1.165) is 0 Å². The number of carbonyl (C=O) groups is 2. The topological polar surface area (TPSA) is 52.6 Å². The molecule has 0 aliphatic carbocycles. The summed E-state index contributed by atoms with van der Waals surface area (Å²) >= 11 is 0. The Bertz CT molecular complexity index is 183. The lowest BCUT2D eigenvalue weighted by molar-refractivity contribution is -0.141. The van der Waals surface area contributed by atoms with Crippen molar-refractivity contribution in [3.8, 4) is 0 Å². The smallest absolute Gasteiger partial charge is 0.307 e. The van der Waals surface area contributed by atoms with Crippen molar-refractivity contribution in [2.24, 2.45) is 0 Å². The molecular weight excluding hydrogens is 160 g/mol. The average Bonchev–Trinajstić information content (AvgIpc) is 1.95. The highest BCUT2D eigenvalue weighted by molar-refractivity contribution is 5.66. The Balaban J connectivity index is 3.25. The van der Waals surface area contributed by atoms with Crippen molar-refractivity contribution in [2.45, 2.75) is 20.3 Å². The van der Waals surface area contributed by atoms with Gasteiger partial charge in [0.05, 0.1) is 12.9 Å². The SMILES string of the molecule is CC(=O)O/C=C/CCOC(C)=O. The molecule has 0 saturated carbocycles. The fourth-order valence-corrected chi connectivity index (χ4v) is 0.483. The minimum atomic E-state index is -0.362. The van der Waals surface area contributed by atoms with Crippen LogP contribution in [0.25, 0.3) is 0 Å². The monoisotopic (exact) mass is 172 g/mol. The molecule has 0 rings (SSSR count). The minimum Gasteiger partial charge on any atom is -0.466 e. The molecule has 68 valence electrons. The first-order valence-corrected chi connectivity index (χ1v) is 3.58. The summed E-state index contributed by atoms with van der Waals surface area (Å²) in [4.78, 5) is 20.5. The summed E-state index contributed by atoms with van der Waals surface area (Å²) in [6, 6.07) is 0. The molecule has 0 aliphatic rings. The van der Waals surface area contributed by atoms with Crippen LogP contribution in [0.15, 0.2) is 12.3 Å². The molecule has 0 N–H and O–H groups in total. The maximum Gasteiger partial charge on any atom is 0.307 e. The Morgan fingerprint density at radius 2 is 1.92 bits per heavy atom. The molecule has 4 nitrogen and oxygen atoms in total. The molecule has 0 fully saturated rings. The van der Waals surface area contributed by atoms with Crippen LogP contribution in [0.1, 0.15) is 20.3 Å². The third-order valence-electron chi connectivity index (χ3n) is 0.920. The van der Waals surface area contributed by atoms with Crippen LogP contribution in [0.5, 0.6) is 0 Å². The van der Waals surface area contributed by atoms with Crippen LogP contribution in [0.2, 0.25) is 0 Å². The van der Waals surface area contributed by atoms with Gasteiger partial charge in [-0.25, -0.2) is 0 Å². The number of hydrogen-bond acceptors (Lipinski definition) is 4. The van der Waals surface area contributed by atoms with Crippen molar-refractivity contribution < 1.29 is 19.1 Å². The molecule has 0 radical (unpaired) electrons. The summed E-state index contributed by atoms with van der Waals surface area (Å²) in [5.41, 5.74) is 0. The van der Waals surface area contributed by atoms with Gasteiger partial charge in [0.15, 0.2) is 0 Å². The normalized spacial score (nSPS) is 9.83. The minimum absolute atomic E-state index is 0.309. The second-order valence-corrected chi connectivity index (χ2v) is 2.11. The highest BCUT2D eigenvalue weighted by Gasteiger charge is 1.89. The van der Waals surface area contributed by atoms with Crippen molar-refractivity contribution in [3.05, 3.63) is 12.3 Å². The van der Waals surface area contributed by atoms with Crippen molar-refractivity contribution in [1.82, 2.24) is 0 Å². The molecule has 0 aromatic rings. The van der Waals surface area contributed by atoms with Gasteiger partial charge in [0.25, 0.3) is 0 Å². The van der Waals surface area contributed by atoms with E-state index in [1.54, 1.807) is 6.08 Å². The van der Waals surface area contributed by atoms with Crippen molar-refractivity contribution >= 4 is 11.9 Å². The second-order valence-electron chi connectivity index (χ2n) is 2.11. The lowest BCUT2D eigenvalue weighted by Crippen LogP contribution is -1.99. The average molecular weight is 172 g/mol. The van der Waals surface area contributed by atoms with E-state index in [4.69, 9.17) is 0 Å². The van der Waals surface area contributed by atoms with E-state index in [-0.39, 0.29) is 11.9 Å². The summed E-state index contributed by atoms with van der Waals surface area (Å²) in [5.74, 6) is -0.672. The first kappa shape index (κ1) is 10.7. The van der Waals surface area contributed by atoms with E-state index in [9.17, 15) is 9.59 Å². The molecular formula is C8H12O4. The van der Waals surface area contributed by atoms with Gasteiger partial charge < -0.3 is 9.47 Å². The van der Waals surface area contributed by atoms with Crippen LogP contribution >= 0.6 is 0 Å². The number of hydrogen-bond donors (Lipinski definition) is 0. The van der Waals surface area contributed by atoms with E-state index in [1.807, 2.05) is 0 Å². The Morgan fingerprint density at radius 3 is 2.42 bits per heavy atom. The molecule has 0 atom stereocenters. The zero-order valence-electron chi connectivity index (χ0n) is 7.20. The van der Waals surface area contributed by atoms with Crippen LogP contribution in [-0.2, 0) is 19.1 Å². The second kappa shape index (κ2) is 6.39. The third-order valence-corrected chi connectivity index (χ3v) is 0.920. The highest BCUT2D eigenvalue weighted by Crippen LogP contribution is 1.87. The van der Waals surface area contributed by atoms with Crippen LogP contribution in [0.3, 0.4) is 0 Å². The largest absolute Gasteiger partial charge is 0.466 e. The zero-order chi connectivity index (χ0) is 9.40. The maximum atomic E-state index is 10.3. The summed E-state index contributed by atoms with van der Waals surface area (Å²) in [5, 5.41) is 0. The summed E-state index contributed by atoms with van der Waals surface area (Å²) in [6.07, 6.45) is 3.45. The van der Waals surface area contributed by atoms with Crippen molar-refractivity contribution in [1.29, 1.82) is 0 Å². The first-order chi connectivity index (χ1) is 5.63. The van der Waals surface area contributed by atoms with Crippen LogP contribution in [-0.4, -0.2) is 18.5 Å². The summed E-state index contributed by atoms with van der Waals surface area (Å²) < 4.78 is 9.11. The lowest BCUT2D eigenvalue weighted by atomic mass is 10.4. The van der Waals surface area contributed by atoms with Crippen LogP contribution < -0.4 is 0 Å². The van der Waals surface area contributed by atoms with Gasteiger partial charge in [-0.15, -0.1) is 0 Å². The number of esters is 2. The quantitative estimate of drug-likeness (QED) is 0.361. The third kappa shape index (κ3) is 8.68. The molecule has 0 amide bonds. The Labute approximate surface area is 71.2 Å². The highest BCUT2D eigenvalue weighted by atomic mass is 16.5. The molecule has 0 aromatic heterocycles. The van der Waals surface area contributed by atoms with Gasteiger partial charge >= 0.3 is 11.9 Å². The fourth-order valence-electron chi connectivity index (χ4n) is 0.483. The molecule has 0 aromatic carbocycles. The predicted octanol–water partition coefficient (Wildman–Crippen LogP) is 1.02. The summed E-state index contributed by atoms with van der Waals surface area (Å²) in [6.45, 7) is 2.97. The number of rotatable bonds is 4. The number of ether oxygens (including phenoxy) is 2. The van der Waals surface area contributed by atoms with E-state index in [2.05, 4.69) is 9.47 Å². The Morgan fingerprint density at radius 1 is 1.25 bits per heavy atom. The summed E-state index contributed by atoms with van der Waals surface area (Å²) in [7, 11) is 0. The number of carbonyl (C=O) groups excluding carboxylic acids is 2. The van der Waals surface area contributed by atoms with Gasteiger partial charge in [-0.2, -0.15) is 0 Å². The van der Waals surface area contributed by atoms with E-state index in [0.29, 0.717) is 13.0 Å². The zero-order valence-corrected chi connectivity index (χ0v) is 7.20. The van der Waals surface area contributed by atoms with E-state index >= 15 is 0 Å². The molecule has 0 unspecified atom stereocenters. The first-order valence-electron chi connectivity index (χ1n) is 3.58. The fraction of sp³-hybridized carbons (Fsp3) is 0.500. The Hall–Kier alpha value is -1.32. The predicted molar refractivity (Wildman–Crippen MR) is 42.2 cm³/mol. The van der Waals surface area contributed by atoms with Gasteiger partial charge in [-0.3, -0.25) is 9.59 Å². The molecule has 0 bridgehead atoms. The van der Waals surface area contributed by atoms with Gasteiger partial charge in [0.2, 0.25) is 0 Å². The van der Waals surface area contributed by atoms with Gasteiger partial charge in [0.1, 0.15) is 0 Å². The molecule has 0 aliphatic heterocycles. The van der Waals surface area contributed by atoms with Crippen LogP contribution in [0.4, 0.5) is 0 Å². The molecule has 4 heteroatoms. The maximum absolute atomic E-state index is 10.3. The molecule has 0 saturated heterocycles. The molecule has 0 spiro atoms. The van der Waals surface area contributed by atoms with Crippen LogP contribution in [0, 0.1) is 0 Å². The lowest BCUT2D eigenvalue weighted by Gasteiger charge is -1.96.